The second kappa shape index (κ2) is 6.86. The highest BCUT2D eigenvalue weighted by molar-refractivity contribution is 5.79. The molecule has 1 unspecified atom stereocenters. The third kappa shape index (κ3) is 4.10. The average molecular weight is 228 g/mol. The first kappa shape index (κ1) is 13.5. The van der Waals surface area contributed by atoms with E-state index in [0.717, 1.165) is 32.6 Å². The zero-order chi connectivity index (χ0) is 12.0. The quantitative estimate of drug-likeness (QED) is 0.731. The molecule has 1 fully saturated rings. The van der Waals surface area contributed by atoms with E-state index in [9.17, 15) is 4.79 Å². The van der Waals surface area contributed by atoms with Gasteiger partial charge in [-0.25, -0.2) is 0 Å². The minimum absolute atomic E-state index is 0.0628. The molecule has 0 saturated carbocycles. The van der Waals surface area contributed by atoms with Crippen LogP contribution in [0.4, 0.5) is 0 Å². The van der Waals surface area contributed by atoms with E-state index in [0.29, 0.717) is 12.0 Å². The Kier molecular flexibility index (Phi) is 5.77. The fourth-order valence-corrected chi connectivity index (χ4v) is 2.00. The minimum Gasteiger partial charge on any atom is -0.381 e. The number of rotatable bonds is 5. The van der Waals surface area contributed by atoms with Crippen LogP contribution in [0.15, 0.2) is 0 Å². The zero-order valence-corrected chi connectivity index (χ0v) is 10.6. The van der Waals surface area contributed by atoms with Crippen LogP contribution in [0.5, 0.6) is 0 Å². The predicted octanol–water partition coefficient (Wildman–Crippen LogP) is 0.773. The molecule has 0 aromatic rings. The maximum atomic E-state index is 12.1. The van der Waals surface area contributed by atoms with Crippen molar-refractivity contribution >= 4 is 5.91 Å². The van der Waals surface area contributed by atoms with E-state index in [1.807, 2.05) is 7.05 Å². The molecule has 1 amide bonds. The van der Waals surface area contributed by atoms with E-state index in [1.165, 1.54) is 0 Å². The second-order valence-electron chi connectivity index (χ2n) is 4.80. The summed E-state index contributed by atoms with van der Waals surface area (Å²) in [6.45, 7) is 6.45. The molecule has 0 radical (unpaired) electrons. The Hall–Kier alpha value is -0.610. The molecule has 2 N–H and O–H groups in total. The number of carbonyl (C=O) groups is 1. The smallest absolute Gasteiger partial charge is 0.224 e. The molecular formula is C12H24N2O2. The van der Waals surface area contributed by atoms with Crippen molar-refractivity contribution in [3.05, 3.63) is 0 Å². The molecule has 1 atom stereocenters. The van der Waals surface area contributed by atoms with Gasteiger partial charge in [0.15, 0.2) is 0 Å². The lowest BCUT2D eigenvalue weighted by atomic mass is 9.94. The van der Waals surface area contributed by atoms with Crippen LogP contribution in [0, 0.1) is 11.8 Å². The van der Waals surface area contributed by atoms with Gasteiger partial charge in [-0.15, -0.1) is 0 Å². The summed E-state index contributed by atoms with van der Waals surface area (Å²) in [5, 5.41) is 6.21. The van der Waals surface area contributed by atoms with Crippen molar-refractivity contribution in [2.24, 2.45) is 11.8 Å². The van der Waals surface area contributed by atoms with E-state index in [1.54, 1.807) is 0 Å². The predicted molar refractivity (Wildman–Crippen MR) is 64.2 cm³/mol. The molecule has 4 heteroatoms. The summed E-state index contributed by atoms with van der Waals surface area (Å²) in [6, 6.07) is 0.305. The molecule has 1 aliphatic heterocycles. The number of hydrogen-bond acceptors (Lipinski definition) is 3. The van der Waals surface area contributed by atoms with Crippen LogP contribution in [0.2, 0.25) is 0 Å². The molecule has 0 aromatic heterocycles. The van der Waals surface area contributed by atoms with Gasteiger partial charge < -0.3 is 15.4 Å². The van der Waals surface area contributed by atoms with Crippen molar-refractivity contribution in [3.63, 3.8) is 0 Å². The average Bonchev–Trinajstić information content (AvgIpc) is 2.26. The molecule has 94 valence electrons. The van der Waals surface area contributed by atoms with Crippen LogP contribution in [0.25, 0.3) is 0 Å². The Morgan fingerprint density at radius 3 is 2.50 bits per heavy atom. The lowest BCUT2D eigenvalue weighted by Gasteiger charge is -2.27. The van der Waals surface area contributed by atoms with Crippen LogP contribution >= 0.6 is 0 Å². The molecule has 4 nitrogen and oxygen atoms in total. The highest BCUT2D eigenvalue weighted by Crippen LogP contribution is 2.12. The first-order valence-corrected chi connectivity index (χ1v) is 6.18. The molecule has 1 saturated heterocycles. The molecule has 0 spiro atoms. The highest BCUT2D eigenvalue weighted by Gasteiger charge is 2.24. The molecule has 0 aromatic carbocycles. The summed E-state index contributed by atoms with van der Waals surface area (Å²) >= 11 is 0. The van der Waals surface area contributed by atoms with E-state index in [2.05, 4.69) is 24.5 Å². The normalized spacial score (nSPS) is 19.8. The van der Waals surface area contributed by atoms with Crippen LogP contribution in [-0.2, 0) is 9.53 Å². The maximum Gasteiger partial charge on any atom is 0.224 e. The van der Waals surface area contributed by atoms with Gasteiger partial charge in [-0.3, -0.25) is 4.79 Å². The van der Waals surface area contributed by atoms with Crippen molar-refractivity contribution in [1.29, 1.82) is 0 Å². The van der Waals surface area contributed by atoms with Crippen LogP contribution in [0.1, 0.15) is 26.7 Å². The monoisotopic (exact) mass is 228 g/mol. The third-order valence-corrected chi connectivity index (χ3v) is 3.13. The lowest BCUT2D eigenvalue weighted by Crippen LogP contribution is -2.45. The van der Waals surface area contributed by atoms with Crippen molar-refractivity contribution in [2.45, 2.75) is 32.7 Å². The second-order valence-corrected chi connectivity index (χ2v) is 4.80. The number of amides is 1. The Morgan fingerprint density at radius 1 is 1.38 bits per heavy atom. The minimum atomic E-state index is 0.0628. The van der Waals surface area contributed by atoms with Gasteiger partial charge in [0.1, 0.15) is 0 Å². The molecule has 16 heavy (non-hydrogen) atoms. The van der Waals surface area contributed by atoms with Crippen LogP contribution < -0.4 is 10.6 Å². The van der Waals surface area contributed by atoms with Gasteiger partial charge in [-0.1, -0.05) is 13.8 Å². The molecule has 0 bridgehead atoms. The SMILES string of the molecule is CNCC(C(=O)NC1CCOCC1)C(C)C. The van der Waals surface area contributed by atoms with Gasteiger partial charge in [0.25, 0.3) is 0 Å². The lowest BCUT2D eigenvalue weighted by molar-refractivity contribution is -0.127. The van der Waals surface area contributed by atoms with Gasteiger partial charge in [0.05, 0.1) is 5.92 Å². The molecule has 1 aliphatic rings. The highest BCUT2D eigenvalue weighted by atomic mass is 16.5. The number of carbonyl (C=O) groups excluding carboxylic acids is 1. The topological polar surface area (TPSA) is 50.4 Å². The van der Waals surface area contributed by atoms with Gasteiger partial charge in [0, 0.05) is 25.8 Å². The maximum absolute atomic E-state index is 12.1. The summed E-state index contributed by atoms with van der Waals surface area (Å²) in [4.78, 5) is 12.1. The summed E-state index contributed by atoms with van der Waals surface area (Å²) in [5.41, 5.74) is 0. The number of hydrogen-bond donors (Lipinski definition) is 2. The van der Waals surface area contributed by atoms with E-state index < -0.39 is 0 Å². The molecular weight excluding hydrogens is 204 g/mol. The van der Waals surface area contributed by atoms with Crippen molar-refractivity contribution < 1.29 is 9.53 Å². The van der Waals surface area contributed by atoms with Crippen molar-refractivity contribution in [2.75, 3.05) is 26.8 Å². The number of nitrogens with one attached hydrogen (secondary N) is 2. The van der Waals surface area contributed by atoms with Gasteiger partial charge in [-0.05, 0) is 25.8 Å². The first-order chi connectivity index (χ1) is 7.65. The molecule has 1 rings (SSSR count). The van der Waals surface area contributed by atoms with Crippen molar-refractivity contribution in [3.8, 4) is 0 Å². The van der Waals surface area contributed by atoms with Crippen LogP contribution in [0.3, 0.4) is 0 Å². The standard InChI is InChI=1S/C12H24N2O2/c1-9(2)11(8-13-3)12(15)14-10-4-6-16-7-5-10/h9-11,13H,4-8H2,1-3H3,(H,14,15). The summed E-state index contributed by atoms with van der Waals surface area (Å²) in [6.07, 6.45) is 1.88. The van der Waals surface area contributed by atoms with Gasteiger partial charge >= 0.3 is 0 Å². The summed E-state index contributed by atoms with van der Waals surface area (Å²) in [7, 11) is 1.89. The summed E-state index contributed by atoms with van der Waals surface area (Å²) in [5.74, 6) is 0.608. The Morgan fingerprint density at radius 2 is 2.00 bits per heavy atom. The Bertz CT molecular complexity index is 213. The fourth-order valence-electron chi connectivity index (χ4n) is 2.00. The third-order valence-electron chi connectivity index (χ3n) is 3.13. The first-order valence-electron chi connectivity index (χ1n) is 6.18. The van der Waals surface area contributed by atoms with E-state index >= 15 is 0 Å². The zero-order valence-electron chi connectivity index (χ0n) is 10.6. The number of ether oxygens (including phenoxy) is 1. The van der Waals surface area contributed by atoms with Crippen LogP contribution in [-0.4, -0.2) is 38.8 Å². The van der Waals surface area contributed by atoms with Gasteiger partial charge in [-0.2, -0.15) is 0 Å². The van der Waals surface area contributed by atoms with Gasteiger partial charge in [0.2, 0.25) is 5.91 Å². The molecule has 0 aliphatic carbocycles. The van der Waals surface area contributed by atoms with E-state index in [4.69, 9.17) is 4.74 Å². The largest absolute Gasteiger partial charge is 0.381 e. The fraction of sp³-hybridized carbons (Fsp3) is 0.917. The summed E-state index contributed by atoms with van der Waals surface area (Å²) < 4.78 is 5.27. The Balaban J connectivity index is 2.40. The van der Waals surface area contributed by atoms with E-state index in [-0.39, 0.29) is 11.8 Å². The Labute approximate surface area is 98.1 Å². The van der Waals surface area contributed by atoms with Crippen molar-refractivity contribution in [1.82, 2.24) is 10.6 Å². The molecule has 1 heterocycles.